The third-order valence-electron chi connectivity index (χ3n) is 12.9. The third kappa shape index (κ3) is 7.44. The van der Waals surface area contributed by atoms with Crippen LogP contribution >= 0.6 is 0 Å². The highest BCUT2D eigenvalue weighted by molar-refractivity contribution is 7.90. The van der Waals surface area contributed by atoms with E-state index in [0.717, 1.165) is 68.7 Å². The van der Waals surface area contributed by atoms with Crippen LogP contribution in [0.15, 0.2) is 53.6 Å². The Morgan fingerprint density at radius 1 is 0.867 bits per heavy atom. The number of primary amides is 1. The first-order valence-corrected chi connectivity index (χ1v) is 22.3. The quantitative estimate of drug-likeness (QED) is 0.209. The van der Waals surface area contributed by atoms with Gasteiger partial charge in [0.2, 0.25) is 17.7 Å². The molecule has 9 rings (SSSR count). The second-order valence-corrected chi connectivity index (χ2v) is 18.7. The Kier molecular flexibility index (Phi) is 10.0. The molecule has 0 spiro atoms. The fraction of sp³-hybridized carbons (Fsp3) is 0.463. The number of aromatic nitrogens is 2. The van der Waals surface area contributed by atoms with Crippen LogP contribution in [0.25, 0.3) is 0 Å². The van der Waals surface area contributed by atoms with E-state index in [1.165, 1.54) is 18.3 Å². The number of rotatable bonds is 10. The first-order valence-electron chi connectivity index (χ1n) is 20.4. The molecule has 6 aliphatic rings. The fourth-order valence-corrected chi connectivity index (χ4v) is 10.3. The lowest BCUT2D eigenvalue weighted by Crippen LogP contribution is -2.54. The minimum atomic E-state index is -3.38. The SMILES string of the molecule is CS(=O)(=O)c1ccc(Nc2nc(N3CCC[C@@H](NC(=O)[C@H]4[C@@H]5CN(C6CCN(c7ccc8c(c7)C(=O)N(C7CCC(=O)NC7=O)C8=O)CC6)C[C@@H]54)C3)cnc2C(N)=O)cc1. The molecule has 6 heterocycles. The number of likely N-dealkylation sites (tertiary alicyclic amines) is 1. The van der Waals surface area contributed by atoms with Gasteiger partial charge < -0.3 is 26.2 Å². The smallest absolute Gasteiger partial charge is 0.271 e. The second kappa shape index (κ2) is 15.3. The number of carbonyl (C=O) groups excluding carboxylic acids is 6. The van der Waals surface area contributed by atoms with Crippen LogP contribution in [-0.4, -0.2) is 127 Å². The largest absolute Gasteiger partial charge is 0.371 e. The van der Waals surface area contributed by atoms with Crippen LogP contribution in [0.4, 0.5) is 23.0 Å². The minimum absolute atomic E-state index is 0.0114. The molecular weight excluding hydrogens is 793 g/mol. The van der Waals surface area contributed by atoms with E-state index in [4.69, 9.17) is 5.73 Å². The molecule has 4 saturated heterocycles. The maximum Gasteiger partial charge on any atom is 0.271 e. The number of carbonyl (C=O) groups is 6. The number of fused-ring (bicyclic) bond motifs is 2. The van der Waals surface area contributed by atoms with Gasteiger partial charge in [-0.25, -0.2) is 18.4 Å². The second-order valence-electron chi connectivity index (χ2n) is 16.7. The third-order valence-corrected chi connectivity index (χ3v) is 14.1. The summed E-state index contributed by atoms with van der Waals surface area (Å²) >= 11 is 0. The normalized spacial score (nSPS) is 25.8. The molecule has 3 aromatic rings. The predicted octanol–water partition coefficient (Wildman–Crippen LogP) is 1.06. The molecule has 5 N–H and O–H groups in total. The van der Waals surface area contributed by atoms with Crippen LogP contribution in [0.5, 0.6) is 0 Å². The van der Waals surface area contributed by atoms with Crippen molar-refractivity contribution in [3.05, 3.63) is 65.5 Å². The van der Waals surface area contributed by atoms with E-state index in [-0.39, 0.29) is 58.2 Å². The molecule has 19 heteroatoms. The summed E-state index contributed by atoms with van der Waals surface area (Å²) < 4.78 is 23.8. The zero-order valence-electron chi connectivity index (χ0n) is 33.0. The number of sulfone groups is 1. The number of imide groups is 2. The van der Waals surface area contributed by atoms with Crippen LogP contribution in [0, 0.1) is 17.8 Å². The van der Waals surface area contributed by atoms with Gasteiger partial charge in [-0.1, -0.05) is 0 Å². The summed E-state index contributed by atoms with van der Waals surface area (Å²) in [6, 6.07) is 10.6. The van der Waals surface area contributed by atoms with Gasteiger partial charge in [0.25, 0.3) is 17.7 Å². The van der Waals surface area contributed by atoms with Crippen molar-refractivity contribution in [2.75, 3.05) is 60.6 Å². The van der Waals surface area contributed by atoms with Crippen molar-refractivity contribution in [2.24, 2.45) is 23.5 Å². The highest BCUT2D eigenvalue weighted by Crippen LogP contribution is 2.53. The van der Waals surface area contributed by atoms with E-state index in [0.29, 0.717) is 42.5 Å². The average Bonchev–Trinajstić information content (AvgIpc) is 3.62. The van der Waals surface area contributed by atoms with Gasteiger partial charge in [-0.05, 0) is 86.4 Å². The van der Waals surface area contributed by atoms with Gasteiger partial charge in [0.1, 0.15) is 11.9 Å². The molecule has 1 unspecified atom stereocenters. The zero-order valence-corrected chi connectivity index (χ0v) is 33.8. The van der Waals surface area contributed by atoms with Crippen LogP contribution in [0.1, 0.15) is 69.7 Å². The molecule has 6 amide bonds. The van der Waals surface area contributed by atoms with Crippen molar-refractivity contribution >= 4 is 68.3 Å². The van der Waals surface area contributed by atoms with Crippen molar-refractivity contribution in [3.63, 3.8) is 0 Å². The van der Waals surface area contributed by atoms with Crippen molar-refractivity contribution in [3.8, 4) is 0 Å². The number of benzene rings is 2. The van der Waals surface area contributed by atoms with E-state index in [1.807, 2.05) is 11.0 Å². The molecule has 1 saturated carbocycles. The molecule has 1 aliphatic carbocycles. The van der Waals surface area contributed by atoms with Crippen molar-refractivity contribution in [1.29, 1.82) is 0 Å². The number of amides is 6. The number of nitrogens with zero attached hydrogens (tertiary/aromatic N) is 6. The lowest BCUT2D eigenvalue weighted by molar-refractivity contribution is -0.136. The predicted molar refractivity (Wildman–Crippen MR) is 217 cm³/mol. The summed E-state index contributed by atoms with van der Waals surface area (Å²) in [7, 11) is -3.38. The maximum atomic E-state index is 13.6. The fourth-order valence-electron chi connectivity index (χ4n) is 9.71. The topological polar surface area (TPSA) is 237 Å². The molecule has 5 atom stereocenters. The molecular formula is C41H46N10O8S. The monoisotopic (exact) mass is 838 g/mol. The van der Waals surface area contributed by atoms with E-state index in [9.17, 15) is 37.2 Å². The number of piperidine rings is 4. The van der Waals surface area contributed by atoms with Gasteiger partial charge in [0.05, 0.1) is 22.2 Å². The molecule has 2 aromatic carbocycles. The first-order chi connectivity index (χ1) is 28.7. The van der Waals surface area contributed by atoms with Crippen molar-refractivity contribution < 1.29 is 37.2 Å². The minimum Gasteiger partial charge on any atom is -0.371 e. The summed E-state index contributed by atoms with van der Waals surface area (Å²) in [5, 5.41) is 8.58. The summed E-state index contributed by atoms with van der Waals surface area (Å²) in [4.78, 5) is 93.3. The number of anilines is 4. The number of nitrogens with two attached hydrogens (primary N) is 1. The molecule has 5 fully saturated rings. The van der Waals surface area contributed by atoms with Gasteiger partial charge in [-0.2, -0.15) is 0 Å². The first kappa shape index (κ1) is 39.5. The molecule has 18 nitrogen and oxygen atoms in total. The summed E-state index contributed by atoms with van der Waals surface area (Å²) in [5.74, 6) is -1.43. The lowest BCUT2D eigenvalue weighted by atomic mass is 10.0. The summed E-state index contributed by atoms with van der Waals surface area (Å²) in [6.07, 6.45) is 6.32. The van der Waals surface area contributed by atoms with Crippen LogP contribution in [0.2, 0.25) is 0 Å². The average molecular weight is 839 g/mol. The Morgan fingerprint density at radius 2 is 1.58 bits per heavy atom. The van der Waals surface area contributed by atoms with E-state index in [2.05, 4.69) is 35.7 Å². The van der Waals surface area contributed by atoms with Crippen LogP contribution < -0.4 is 31.5 Å². The highest BCUT2D eigenvalue weighted by atomic mass is 32.2. The van der Waals surface area contributed by atoms with E-state index in [1.54, 1.807) is 24.3 Å². The van der Waals surface area contributed by atoms with Gasteiger partial charge in [0.15, 0.2) is 21.3 Å². The highest BCUT2D eigenvalue weighted by Gasteiger charge is 2.60. The Hall–Kier alpha value is -5.95. The van der Waals surface area contributed by atoms with Crippen LogP contribution in [0.3, 0.4) is 0 Å². The van der Waals surface area contributed by atoms with Gasteiger partial charge in [0, 0.05) is 81.3 Å². The van der Waals surface area contributed by atoms with Gasteiger partial charge >= 0.3 is 0 Å². The molecule has 1 aromatic heterocycles. The Labute approximate surface area is 346 Å². The summed E-state index contributed by atoms with van der Waals surface area (Å²) in [6.45, 7) is 4.53. The molecule has 60 heavy (non-hydrogen) atoms. The Balaban J connectivity index is 0.758. The van der Waals surface area contributed by atoms with Crippen molar-refractivity contribution in [2.45, 2.75) is 61.5 Å². The van der Waals surface area contributed by atoms with Gasteiger partial charge in [-0.3, -0.25) is 43.9 Å². The number of hydrogen-bond acceptors (Lipinski definition) is 14. The molecule has 0 radical (unpaired) electrons. The molecule has 5 aliphatic heterocycles. The standard InChI is InChI=1S/C41H46N10O8S/c1-60(58,59)26-7-4-22(5-8-26)44-37-35(36(42)53)43-18-32(46-37)49-14-2-3-23(19-49)45-39(55)34-29-20-50(21-30(29)34)24-12-15-48(16-13-24)25-6-9-27-28(17-25)41(57)51(40(27)56)31-10-11-33(52)47-38(31)54/h4-9,17-18,23-24,29-31,34H,2-3,10-16,19-21H2,1H3,(H2,42,53)(H,44,46)(H,45,55)(H,47,52,54)/t23-,29-,30+,31?,34+/m1/s1. The maximum absolute atomic E-state index is 13.6. The number of hydrogen-bond donors (Lipinski definition) is 4. The van der Waals surface area contributed by atoms with Gasteiger partial charge in [-0.15, -0.1) is 0 Å². The lowest BCUT2D eigenvalue weighted by Gasteiger charge is -2.39. The Bertz CT molecular complexity index is 2410. The molecule has 314 valence electrons. The molecule has 0 bridgehead atoms. The zero-order chi connectivity index (χ0) is 42.0. The van der Waals surface area contributed by atoms with Crippen LogP contribution in [-0.2, 0) is 24.2 Å². The summed E-state index contributed by atoms with van der Waals surface area (Å²) in [5.41, 5.74) is 7.45. The van der Waals surface area contributed by atoms with E-state index < -0.39 is 45.4 Å². The van der Waals surface area contributed by atoms with Crippen molar-refractivity contribution in [1.82, 2.24) is 30.4 Å². The number of nitrogens with one attached hydrogen (secondary N) is 3. The Morgan fingerprint density at radius 3 is 2.27 bits per heavy atom. The van der Waals surface area contributed by atoms with E-state index >= 15 is 0 Å².